The first kappa shape index (κ1) is 17.4. The number of aromatic nitrogens is 2. The molecule has 25 heavy (non-hydrogen) atoms. The predicted octanol–water partition coefficient (Wildman–Crippen LogP) is 3.81. The van der Waals surface area contributed by atoms with Crippen molar-refractivity contribution in [2.24, 2.45) is 0 Å². The van der Waals surface area contributed by atoms with E-state index in [-0.39, 0.29) is 12.2 Å². The number of nitrogens with one attached hydrogen (secondary N) is 1. The lowest BCUT2D eigenvalue weighted by atomic mass is 10.2. The van der Waals surface area contributed by atoms with Gasteiger partial charge in [-0.15, -0.1) is 10.2 Å². The Labute approximate surface area is 147 Å². The predicted molar refractivity (Wildman–Crippen MR) is 92.3 cm³/mol. The zero-order valence-electron chi connectivity index (χ0n) is 12.8. The molecule has 0 aliphatic heterocycles. The number of hydrogen-bond acceptors (Lipinski definition) is 6. The Bertz CT molecular complexity index is 960. The molecule has 3 rings (SSSR count). The van der Waals surface area contributed by atoms with E-state index in [2.05, 4.69) is 15.5 Å². The van der Waals surface area contributed by atoms with Crippen LogP contribution in [0.15, 0.2) is 59.5 Å². The van der Waals surface area contributed by atoms with Gasteiger partial charge in [0.1, 0.15) is 10.0 Å². The van der Waals surface area contributed by atoms with Gasteiger partial charge in [-0.1, -0.05) is 53.8 Å². The summed E-state index contributed by atoms with van der Waals surface area (Å²) < 4.78 is 49.1. The van der Waals surface area contributed by atoms with E-state index in [4.69, 9.17) is 0 Å². The first-order chi connectivity index (χ1) is 12.0. The monoisotopic (exact) mass is 381 g/mol. The number of para-hydroxylation sites is 1. The van der Waals surface area contributed by atoms with Gasteiger partial charge < -0.3 is 5.32 Å². The molecule has 1 N–H and O–H groups in total. The molecule has 1 heterocycles. The Morgan fingerprint density at radius 2 is 1.68 bits per heavy atom. The fourth-order valence-corrected chi connectivity index (χ4v) is 3.84. The van der Waals surface area contributed by atoms with Crippen molar-refractivity contribution in [3.8, 4) is 10.6 Å². The third-order valence-electron chi connectivity index (χ3n) is 3.35. The maximum Gasteiger partial charge on any atom is 0.341 e. The lowest BCUT2D eigenvalue weighted by Crippen LogP contribution is -2.14. The molecular formula is C16H13F2N3O2S2. The van der Waals surface area contributed by atoms with E-state index in [1.54, 1.807) is 6.07 Å². The molecule has 0 aliphatic rings. The van der Waals surface area contributed by atoms with E-state index in [0.717, 1.165) is 16.6 Å². The molecule has 0 bridgehead atoms. The van der Waals surface area contributed by atoms with Crippen LogP contribution in [0.2, 0.25) is 0 Å². The highest BCUT2D eigenvalue weighted by atomic mass is 32.2. The van der Waals surface area contributed by atoms with Crippen LogP contribution in [0, 0.1) is 0 Å². The van der Waals surface area contributed by atoms with Gasteiger partial charge in [0, 0.05) is 5.56 Å². The van der Waals surface area contributed by atoms with Crippen LogP contribution in [0.3, 0.4) is 0 Å². The number of halogens is 2. The van der Waals surface area contributed by atoms with Gasteiger partial charge in [0.15, 0.2) is 0 Å². The van der Waals surface area contributed by atoms with E-state index in [9.17, 15) is 17.2 Å². The van der Waals surface area contributed by atoms with Crippen LogP contribution >= 0.6 is 11.3 Å². The molecule has 3 aromatic rings. The average Bonchev–Trinajstić information content (AvgIpc) is 3.10. The fraction of sp³-hybridized carbons (Fsp3) is 0.125. The molecule has 0 unspecified atom stereocenters. The summed E-state index contributed by atoms with van der Waals surface area (Å²) in [5.41, 5.74) is 1.03. The fourth-order valence-electron chi connectivity index (χ4n) is 2.15. The average molecular weight is 381 g/mol. The Hall–Kier alpha value is -2.39. The van der Waals surface area contributed by atoms with Crippen molar-refractivity contribution < 1.29 is 17.2 Å². The van der Waals surface area contributed by atoms with Gasteiger partial charge in [-0.05, 0) is 12.1 Å². The third-order valence-corrected chi connectivity index (χ3v) is 5.76. The minimum Gasteiger partial charge on any atom is -0.377 e. The second-order valence-corrected chi connectivity index (χ2v) is 7.97. The molecular weight excluding hydrogens is 368 g/mol. The molecule has 0 atom stereocenters. The van der Waals surface area contributed by atoms with Crippen LogP contribution in [0.1, 0.15) is 5.01 Å². The van der Waals surface area contributed by atoms with Crippen LogP contribution in [0.25, 0.3) is 10.6 Å². The van der Waals surface area contributed by atoms with Gasteiger partial charge in [0.05, 0.1) is 17.1 Å². The topological polar surface area (TPSA) is 72.0 Å². The first-order valence-electron chi connectivity index (χ1n) is 7.21. The highest BCUT2D eigenvalue weighted by molar-refractivity contribution is 7.91. The van der Waals surface area contributed by atoms with E-state index in [1.165, 1.54) is 23.5 Å². The number of hydrogen-bond donors (Lipinski definition) is 1. The Balaban J connectivity index is 1.79. The van der Waals surface area contributed by atoms with Crippen molar-refractivity contribution in [2.75, 3.05) is 5.32 Å². The summed E-state index contributed by atoms with van der Waals surface area (Å²) in [7, 11) is -4.68. The molecule has 0 saturated heterocycles. The summed E-state index contributed by atoms with van der Waals surface area (Å²) >= 11 is 1.34. The van der Waals surface area contributed by atoms with Crippen LogP contribution in [-0.2, 0) is 16.4 Å². The molecule has 1 aromatic heterocycles. The second-order valence-electron chi connectivity index (χ2n) is 5.02. The van der Waals surface area contributed by atoms with Crippen LogP contribution < -0.4 is 5.32 Å². The summed E-state index contributed by atoms with van der Waals surface area (Å²) in [5, 5.41) is 12.3. The largest absolute Gasteiger partial charge is 0.377 e. The second kappa shape index (κ2) is 7.24. The summed E-state index contributed by atoms with van der Waals surface area (Å²) in [6.45, 7) is 0.181. The molecule has 0 aliphatic carbocycles. The summed E-state index contributed by atoms with van der Waals surface area (Å²) in [4.78, 5) is -0.433. The van der Waals surface area contributed by atoms with E-state index in [1.807, 2.05) is 30.3 Å². The lowest BCUT2D eigenvalue weighted by molar-refractivity contribution is 0.235. The molecule has 0 fully saturated rings. The molecule has 0 spiro atoms. The van der Waals surface area contributed by atoms with Crippen molar-refractivity contribution in [1.29, 1.82) is 0 Å². The number of nitrogens with zero attached hydrogens (tertiary/aromatic N) is 2. The standard InChI is InChI=1S/C16H13F2N3O2S2/c17-16(18)25(22,23)13-9-5-4-8-12(13)19-10-14-20-21-15(24-14)11-6-2-1-3-7-11/h1-9,16,19H,10H2. The highest BCUT2D eigenvalue weighted by Gasteiger charge is 2.28. The van der Waals surface area contributed by atoms with Crippen LogP contribution in [0.5, 0.6) is 0 Å². The quantitative estimate of drug-likeness (QED) is 0.703. The van der Waals surface area contributed by atoms with Crippen molar-refractivity contribution >= 4 is 26.9 Å². The number of benzene rings is 2. The lowest BCUT2D eigenvalue weighted by Gasteiger charge is -2.10. The first-order valence-corrected chi connectivity index (χ1v) is 9.57. The summed E-state index contributed by atoms with van der Waals surface area (Å²) in [5.74, 6) is -3.47. The molecule has 0 saturated carbocycles. The minimum atomic E-state index is -4.68. The Morgan fingerprint density at radius 3 is 2.40 bits per heavy atom. The zero-order chi connectivity index (χ0) is 17.9. The number of sulfone groups is 1. The van der Waals surface area contributed by atoms with Crippen molar-refractivity contribution in [1.82, 2.24) is 10.2 Å². The minimum absolute atomic E-state index is 0.110. The Morgan fingerprint density at radius 1 is 1.00 bits per heavy atom. The number of anilines is 1. The van der Waals surface area contributed by atoms with Crippen LogP contribution in [0.4, 0.5) is 14.5 Å². The van der Waals surface area contributed by atoms with Crippen molar-refractivity contribution in [3.05, 3.63) is 59.6 Å². The smallest absolute Gasteiger partial charge is 0.341 e. The number of rotatable bonds is 6. The number of alkyl halides is 2. The molecule has 9 heteroatoms. The molecule has 130 valence electrons. The van der Waals surface area contributed by atoms with Crippen LogP contribution in [-0.4, -0.2) is 24.4 Å². The van der Waals surface area contributed by atoms with E-state index in [0.29, 0.717) is 5.01 Å². The maximum absolute atomic E-state index is 12.8. The van der Waals surface area contributed by atoms with Gasteiger partial charge in [0.2, 0.25) is 9.84 Å². The van der Waals surface area contributed by atoms with Gasteiger partial charge in [-0.3, -0.25) is 0 Å². The normalized spacial score (nSPS) is 11.6. The van der Waals surface area contributed by atoms with E-state index < -0.39 is 20.5 Å². The maximum atomic E-state index is 12.8. The van der Waals surface area contributed by atoms with Gasteiger partial charge in [0.25, 0.3) is 0 Å². The van der Waals surface area contributed by atoms with Gasteiger partial charge >= 0.3 is 5.76 Å². The SMILES string of the molecule is O=S(=O)(c1ccccc1NCc1nnc(-c2ccccc2)s1)C(F)F. The molecule has 0 amide bonds. The Kier molecular flexibility index (Phi) is 5.05. The summed E-state index contributed by atoms with van der Waals surface area (Å²) in [6, 6.07) is 15.0. The van der Waals surface area contributed by atoms with Gasteiger partial charge in [-0.25, -0.2) is 8.42 Å². The highest BCUT2D eigenvalue weighted by Crippen LogP contribution is 2.28. The van der Waals surface area contributed by atoms with E-state index >= 15 is 0 Å². The third kappa shape index (κ3) is 3.83. The van der Waals surface area contributed by atoms with Gasteiger partial charge in [-0.2, -0.15) is 8.78 Å². The summed E-state index contributed by atoms with van der Waals surface area (Å²) in [6.07, 6.45) is 0. The van der Waals surface area contributed by atoms with Crippen molar-refractivity contribution in [3.63, 3.8) is 0 Å². The zero-order valence-corrected chi connectivity index (χ0v) is 14.4. The molecule has 2 aromatic carbocycles. The molecule has 5 nitrogen and oxygen atoms in total. The van der Waals surface area contributed by atoms with Crippen molar-refractivity contribution in [2.45, 2.75) is 17.2 Å². The molecule has 0 radical (unpaired) electrons.